The number of nitrogens with one attached hydrogen (secondary N) is 3. The quantitative estimate of drug-likeness (QED) is 0.511. The van der Waals surface area contributed by atoms with E-state index in [0.717, 1.165) is 36.0 Å². The van der Waals surface area contributed by atoms with Crippen molar-refractivity contribution in [2.45, 2.75) is 76.1 Å². The lowest BCUT2D eigenvalue weighted by molar-refractivity contribution is -0.132. The lowest BCUT2D eigenvalue weighted by Crippen LogP contribution is -2.62. The van der Waals surface area contributed by atoms with Gasteiger partial charge in [-0.3, -0.25) is 19.9 Å². The van der Waals surface area contributed by atoms with Gasteiger partial charge >= 0.3 is 0 Å². The van der Waals surface area contributed by atoms with Gasteiger partial charge in [0.25, 0.3) is 5.91 Å². The van der Waals surface area contributed by atoms with Crippen LogP contribution in [0.15, 0.2) is 42.5 Å². The lowest BCUT2D eigenvalue weighted by Gasteiger charge is -2.44. The summed E-state index contributed by atoms with van der Waals surface area (Å²) in [5.74, 6) is 0.426. The molecule has 3 aliphatic rings. The van der Waals surface area contributed by atoms with Crippen LogP contribution in [0.2, 0.25) is 0 Å². The number of guanidine groups is 1. The van der Waals surface area contributed by atoms with E-state index in [9.17, 15) is 14.7 Å². The van der Waals surface area contributed by atoms with Crippen LogP contribution in [-0.4, -0.2) is 45.5 Å². The predicted molar refractivity (Wildman–Crippen MR) is 136 cm³/mol. The number of amides is 2. The van der Waals surface area contributed by atoms with Crippen LogP contribution in [0, 0.1) is 5.41 Å². The van der Waals surface area contributed by atoms with Crippen LogP contribution in [0.5, 0.6) is 5.75 Å². The first-order valence-corrected chi connectivity index (χ1v) is 12.7. The van der Waals surface area contributed by atoms with E-state index in [1.54, 1.807) is 17.9 Å². The third-order valence-corrected chi connectivity index (χ3v) is 8.15. The number of benzene rings is 2. The highest BCUT2D eigenvalue weighted by Crippen LogP contribution is 2.40. The fraction of sp³-hybridized carbons (Fsp3) is 0.464. The number of para-hydroxylation sites is 1. The second-order valence-electron chi connectivity index (χ2n) is 10.5. The molecule has 5 rings (SSSR count). The monoisotopic (exact) mass is 490 g/mol. The number of hydrogen-bond donors (Lipinski definition) is 4. The average Bonchev–Trinajstić information content (AvgIpc) is 3.28. The zero-order valence-corrected chi connectivity index (χ0v) is 21.1. The van der Waals surface area contributed by atoms with Gasteiger partial charge in [0.15, 0.2) is 5.96 Å². The summed E-state index contributed by atoms with van der Waals surface area (Å²) >= 11 is 0. The van der Waals surface area contributed by atoms with Crippen molar-refractivity contribution < 1.29 is 19.4 Å². The van der Waals surface area contributed by atoms with Gasteiger partial charge in [-0.15, -0.1) is 0 Å². The molecule has 1 fully saturated rings. The van der Waals surface area contributed by atoms with Crippen LogP contribution >= 0.6 is 0 Å². The number of aryl methyl sites for hydroxylation is 1. The van der Waals surface area contributed by atoms with Crippen molar-refractivity contribution in [3.63, 3.8) is 0 Å². The van der Waals surface area contributed by atoms with Crippen LogP contribution in [0.3, 0.4) is 0 Å². The topological polar surface area (TPSA) is 115 Å². The molecule has 2 amide bonds. The Hall–Kier alpha value is -3.39. The molecule has 4 N–H and O–H groups in total. The second kappa shape index (κ2) is 8.92. The molecule has 1 aliphatic carbocycles. The molecular formula is C28H34N4O4. The van der Waals surface area contributed by atoms with Gasteiger partial charge in [0.05, 0.1) is 18.5 Å². The lowest BCUT2D eigenvalue weighted by atomic mass is 9.86. The molecule has 0 bridgehead atoms. The van der Waals surface area contributed by atoms with Gasteiger partial charge in [0.2, 0.25) is 5.91 Å². The molecule has 8 heteroatoms. The Kier molecular flexibility index (Phi) is 6.03. The highest BCUT2D eigenvalue weighted by Gasteiger charge is 2.44. The molecule has 2 aromatic rings. The van der Waals surface area contributed by atoms with Gasteiger partial charge < -0.3 is 20.5 Å². The maximum atomic E-state index is 13.4. The molecule has 0 radical (unpaired) electrons. The molecule has 8 nitrogen and oxygen atoms in total. The SMILES string of the molecule is CCC1(CC)CC(=O)N([C@@H]2CCc3ccc(C(=O)N[C@@H]4c5ccccc5OC[C@]4(C)O)cc32)C(=N)N1. The number of nitrogens with zero attached hydrogens (tertiary/aromatic N) is 1. The number of carbonyl (C=O) groups is 2. The van der Waals surface area contributed by atoms with Crippen molar-refractivity contribution in [1.82, 2.24) is 15.5 Å². The van der Waals surface area contributed by atoms with Crippen LogP contribution in [0.4, 0.5) is 0 Å². The van der Waals surface area contributed by atoms with Crippen LogP contribution < -0.4 is 15.4 Å². The molecule has 0 spiro atoms. The van der Waals surface area contributed by atoms with E-state index in [2.05, 4.69) is 10.6 Å². The van der Waals surface area contributed by atoms with E-state index in [1.165, 1.54) is 0 Å². The highest BCUT2D eigenvalue weighted by atomic mass is 16.5. The van der Waals surface area contributed by atoms with Crippen molar-refractivity contribution in [2.24, 2.45) is 0 Å². The van der Waals surface area contributed by atoms with Crippen molar-refractivity contribution >= 4 is 17.8 Å². The Morgan fingerprint density at radius 2 is 1.97 bits per heavy atom. The molecule has 0 saturated carbocycles. The Bertz CT molecular complexity index is 1200. The first kappa shape index (κ1) is 24.3. The summed E-state index contributed by atoms with van der Waals surface area (Å²) in [5, 5.41) is 25.9. The smallest absolute Gasteiger partial charge is 0.251 e. The molecule has 0 unspecified atom stereocenters. The zero-order valence-electron chi connectivity index (χ0n) is 21.1. The normalized spacial score (nSPS) is 26.5. The summed E-state index contributed by atoms with van der Waals surface area (Å²) in [7, 11) is 0. The van der Waals surface area contributed by atoms with Crippen LogP contribution in [0.1, 0.15) is 85.6 Å². The summed E-state index contributed by atoms with van der Waals surface area (Å²) in [6.45, 7) is 5.80. The predicted octanol–water partition coefficient (Wildman–Crippen LogP) is 3.60. The van der Waals surface area contributed by atoms with Gasteiger partial charge in [-0.25, -0.2) is 0 Å². The second-order valence-corrected chi connectivity index (χ2v) is 10.5. The van der Waals surface area contributed by atoms with Gasteiger partial charge in [0, 0.05) is 16.7 Å². The number of ether oxygens (including phenoxy) is 1. The molecule has 2 aliphatic heterocycles. The number of hydrogen-bond acceptors (Lipinski definition) is 5. The maximum Gasteiger partial charge on any atom is 0.251 e. The average molecular weight is 491 g/mol. The van der Waals surface area contributed by atoms with Gasteiger partial charge in [-0.05, 0) is 61.9 Å². The van der Waals surface area contributed by atoms with Gasteiger partial charge in [-0.1, -0.05) is 38.1 Å². The number of fused-ring (bicyclic) bond motifs is 2. The van der Waals surface area contributed by atoms with Crippen molar-refractivity contribution in [3.8, 4) is 5.75 Å². The standard InChI is InChI=1S/C28H34N4O4/c1-4-28(5-2)15-23(33)32(26(29)31-28)21-13-12-17-10-11-18(14-20(17)21)25(34)30-24-19-8-6-7-9-22(19)36-16-27(24,3)35/h6-11,14,21,24,35H,4-5,12-13,15-16H2,1-3H3,(H2,29,31)(H,30,34)/t21-,24-,27+/m1/s1. The van der Waals surface area contributed by atoms with E-state index in [0.29, 0.717) is 24.2 Å². The van der Waals surface area contributed by atoms with E-state index >= 15 is 0 Å². The molecule has 36 heavy (non-hydrogen) atoms. The first-order valence-electron chi connectivity index (χ1n) is 12.7. The van der Waals surface area contributed by atoms with Gasteiger partial charge in [0.1, 0.15) is 18.0 Å². The van der Waals surface area contributed by atoms with Crippen LogP contribution in [-0.2, 0) is 11.2 Å². The Labute approximate surface area is 211 Å². The Balaban J connectivity index is 1.40. The minimum absolute atomic E-state index is 0.0509. The Morgan fingerprint density at radius 3 is 2.69 bits per heavy atom. The summed E-state index contributed by atoms with van der Waals surface area (Å²) < 4.78 is 5.68. The maximum absolute atomic E-state index is 13.4. The third-order valence-electron chi connectivity index (χ3n) is 8.15. The number of carbonyl (C=O) groups excluding carboxylic acids is 2. The summed E-state index contributed by atoms with van der Waals surface area (Å²) in [4.78, 5) is 28.2. The highest BCUT2D eigenvalue weighted by molar-refractivity contribution is 6.00. The van der Waals surface area contributed by atoms with Gasteiger partial charge in [-0.2, -0.15) is 0 Å². The van der Waals surface area contributed by atoms with E-state index < -0.39 is 11.6 Å². The molecule has 3 atom stereocenters. The molecule has 1 saturated heterocycles. The summed E-state index contributed by atoms with van der Waals surface area (Å²) in [5.41, 5.74) is 1.54. The van der Waals surface area contributed by atoms with Crippen molar-refractivity contribution in [3.05, 3.63) is 64.7 Å². The molecular weight excluding hydrogens is 456 g/mol. The van der Waals surface area contributed by atoms with E-state index in [-0.39, 0.29) is 36.0 Å². The number of aliphatic hydroxyl groups is 1. The first-order chi connectivity index (χ1) is 17.2. The molecule has 2 aromatic carbocycles. The molecule has 0 aromatic heterocycles. The molecule has 190 valence electrons. The summed E-state index contributed by atoms with van der Waals surface area (Å²) in [6, 6.07) is 12.0. The fourth-order valence-corrected chi connectivity index (χ4v) is 5.79. The summed E-state index contributed by atoms with van der Waals surface area (Å²) in [6.07, 6.45) is 3.40. The number of rotatable bonds is 5. The largest absolute Gasteiger partial charge is 0.490 e. The fourth-order valence-electron chi connectivity index (χ4n) is 5.79. The van der Waals surface area contributed by atoms with Crippen molar-refractivity contribution in [1.29, 1.82) is 5.41 Å². The Morgan fingerprint density at radius 1 is 1.22 bits per heavy atom. The van der Waals surface area contributed by atoms with E-state index in [4.69, 9.17) is 10.1 Å². The minimum Gasteiger partial charge on any atom is -0.490 e. The third kappa shape index (κ3) is 4.03. The van der Waals surface area contributed by atoms with Crippen LogP contribution in [0.25, 0.3) is 0 Å². The minimum atomic E-state index is -1.27. The van der Waals surface area contributed by atoms with Crippen molar-refractivity contribution in [2.75, 3.05) is 6.61 Å². The zero-order chi connectivity index (χ0) is 25.7. The molecule has 2 heterocycles. The van der Waals surface area contributed by atoms with E-state index in [1.807, 2.05) is 50.2 Å².